The molecule has 1 aliphatic heterocycles. The van der Waals surface area contributed by atoms with Crippen LogP contribution in [0.25, 0.3) is 5.65 Å². The molecular weight excluding hydrogens is 406 g/mol. The highest BCUT2D eigenvalue weighted by atomic mass is 35.5. The second-order valence-corrected chi connectivity index (χ2v) is 9.95. The smallest absolute Gasteiger partial charge is 0.160 e. The molecule has 0 radical (unpaired) electrons. The first-order chi connectivity index (χ1) is 15.1. The molecule has 0 amide bonds. The number of nitrogens with zero attached hydrogens (tertiary/aromatic N) is 5. The molecule has 1 atom stereocenters. The maximum atomic E-state index is 6.05. The van der Waals surface area contributed by atoms with Crippen molar-refractivity contribution in [3.05, 3.63) is 64.1 Å². The van der Waals surface area contributed by atoms with Gasteiger partial charge in [-0.3, -0.25) is 4.90 Å². The average Bonchev–Trinajstić information content (AvgIpc) is 3.52. The fraction of sp³-hybridized carbons (Fsp3) is 0.520. The van der Waals surface area contributed by atoms with Gasteiger partial charge in [-0.2, -0.15) is 5.10 Å². The van der Waals surface area contributed by atoms with Crippen LogP contribution in [0.1, 0.15) is 54.1 Å². The number of fused-ring (bicyclic) bond motifs is 1. The zero-order valence-corrected chi connectivity index (χ0v) is 19.4. The summed E-state index contributed by atoms with van der Waals surface area (Å²) in [6, 6.07) is 10.4. The molecule has 1 aromatic carbocycles. The van der Waals surface area contributed by atoms with Crippen LogP contribution in [0.3, 0.4) is 0 Å². The number of aryl methyl sites for hydroxylation is 1. The highest BCUT2D eigenvalue weighted by Gasteiger charge is 2.26. The molecule has 0 unspecified atom stereocenters. The van der Waals surface area contributed by atoms with E-state index in [9.17, 15) is 0 Å². The van der Waals surface area contributed by atoms with Gasteiger partial charge in [0.2, 0.25) is 0 Å². The van der Waals surface area contributed by atoms with Crippen LogP contribution < -0.4 is 0 Å². The molecule has 6 heteroatoms. The van der Waals surface area contributed by atoms with Crippen molar-refractivity contribution in [2.75, 3.05) is 26.7 Å². The molecule has 2 fully saturated rings. The zero-order valence-electron chi connectivity index (χ0n) is 18.6. The number of hydrogen-bond acceptors (Lipinski definition) is 4. The molecule has 2 aromatic heterocycles. The van der Waals surface area contributed by atoms with Crippen LogP contribution >= 0.6 is 11.6 Å². The lowest BCUT2D eigenvalue weighted by molar-refractivity contribution is 0.197. The molecule has 5 rings (SSSR count). The standard InChI is InChI=1S/C25H32ClN5/c1-18-23(17-29(2)14-19-5-6-19)25-27-12-11-24(31(25)28-18)21-4-3-13-30(16-21)15-20-7-9-22(26)10-8-20/h7-12,19,21H,3-6,13-17H2,1-2H3/t21-/m1/s1. The van der Waals surface area contributed by atoms with Gasteiger partial charge in [-0.15, -0.1) is 0 Å². The number of hydrogen-bond donors (Lipinski definition) is 0. The Morgan fingerprint density at radius 1 is 1.13 bits per heavy atom. The largest absolute Gasteiger partial charge is 0.302 e. The number of piperidine rings is 1. The summed E-state index contributed by atoms with van der Waals surface area (Å²) in [5.41, 5.74) is 6.04. The Balaban J connectivity index is 1.35. The molecule has 1 saturated carbocycles. The number of halogens is 1. The third-order valence-electron chi connectivity index (χ3n) is 6.78. The van der Waals surface area contributed by atoms with Gasteiger partial charge in [0, 0.05) is 48.9 Å². The Labute approximate surface area is 190 Å². The van der Waals surface area contributed by atoms with Gasteiger partial charge in [0.1, 0.15) is 0 Å². The predicted molar refractivity (Wildman–Crippen MR) is 125 cm³/mol. The Morgan fingerprint density at radius 3 is 2.71 bits per heavy atom. The topological polar surface area (TPSA) is 36.7 Å². The van der Waals surface area contributed by atoms with Crippen LogP contribution in [0.2, 0.25) is 5.02 Å². The van der Waals surface area contributed by atoms with Crippen LogP contribution in [-0.4, -0.2) is 51.1 Å². The quantitative estimate of drug-likeness (QED) is 0.526. The van der Waals surface area contributed by atoms with Crippen LogP contribution in [0, 0.1) is 12.8 Å². The van der Waals surface area contributed by atoms with Crippen molar-refractivity contribution in [1.82, 2.24) is 24.4 Å². The summed E-state index contributed by atoms with van der Waals surface area (Å²) in [7, 11) is 2.22. The second kappa shape index (κ2) is 8.89. The number of aromatic nitrogens is 3. The van der Waals surface area contributed by atoms with Crippen LogP contribution in [0.4, 0.5) is 0 Å². The van der Waals surface area contributed by atoms with Crippen LogP contribution in [-0.2, 0) is 13.1 Å². The van der Waals surface area contributed by atoms with E-state index in [1.54, 1.807) is 0 Å². The van der Waals surface area contributed by atoms with E-state index in [4.69, 9.17) is 21.7 Å². The van der Waals surface area contributed by atoms with E-state index < -0.39 is 0 Å². The normalized spacial score (nSPS) is 20.1. The maximum Gasteiger partial charge on any atom is 0.160 e. The van der Waals surface area contributed by atoms with Crippen molar-refractivity contribution >= 4 is 17.2 Å². The van der Waals surface area contributed by atoms with Gasteiger partial charge in [-0.25, -0.2) is 9.50 Å². The lowest BCUT2D eigenvalue weighted by Crippen LogP contribution is -2.34. The van der Waals surface area contributed by atoms with Crippen molar-refractivity contribution in [1.29, 1.82) is 0 Å². The molecular formula is C25H32ClN5. The fourth-order valence-electron chi connectivity index (χ4n) is 4.97. The molecule has 1 aliphatic carbocycles. The fourth-order valence-corrected chi connectivity index (χ4v) is 5.10. The van der Waals surface area contributed by atoms with Gasteiger partial charge in [0.05, 0.1) is 11.4 Å². The molecule has 0 bridgehead atoms. The molecule has 0 spiro atoms. The monoisotopic (exact) mass is 437 g/mol. The van der Waals surface area contributed by atoms with Gasteiger partial charge < -0.3 is 4.90 Å². The minimum absolute atomic E-state index is 0.475. The highest BCUT2D eigenvalue weighted by molar-refractivity contribution is 6.30. The molecule has 1 saturated heterocycles. The number of rotatable bonds is 7. The van der Waals surface area contributed by atoms with Gasteiger partial charge >= 0.3 is 0 Å². The Hall–Kier alpha value is -1.95. The maximum absolute atomic E-state index is 6.05. The second-order valence-electron chi connectivity index (χ2n) is 9.51. The van der Waals surface area contributed by atoms with Gasteiger partial charge in [-0.1, -0.05) is 23.7 Å². The molecule has 2 aliphatic rings. The van der Waals surface area contributed by atoms with Crippen molar-refractivity contribution in [3.63, 3.8) is 0 Å². The van der Waals surface area contributed by atoms with Crippen LogP contribution in [0.5, 0.6) is 0 Å². The van der Waals surface area contributed by atoms with Crippen molar-refractivity contribution in [2.24, 2.45) is 5.92 Å². The van der Waals surface area contributed by atoms with Gasteiger partial charge in [-0.05, 0) is 75.9 Å². The summed E-state index contributed by atoms with van der Waals surface area (Å²) in [4.78, 5) is 9.74. The van der Waals surface area contributed by atoms with Crippen LogP contribution in [0.15, 0.2) is 36.5 Å². The van der Waals surface area contributed by atoms with Gasteiger partial charge in [0.25, 0.3) is 0 Å². The molecule has 3 aromatic rings. The van der Waals surface area contributed by atoms with E-state index in [1.165, 1.54) is 49.0 Å². The van der Waals surface area contributed by atoms with E-state index in [2.05, 4.69) is 46.5 Å². The first-order valence-corrected chi connectivity index (χ1v) is 11.9. The average molecular weight is 438 g/mol. The SMILES string of the molecule is Cc1nn2c([C@@H]3CCCN(Cc4ccc(Cl)cc4)C3)ccnc2c1CN(C)CC1CC1. The molecule has 31 heavy (non-hydrogen) atoms. The first kappa shape index (κ1) is 20.9. The highest BCUT2D eigenvalue weighted by Crippen LogP contribution is 2.31. The van der Waals surface area contributed by atoms with E-state index >= 15 is 0 Å². The third-order valence-corrected chi connectivity index (χ3v) is 7.03. The minimum atomic E-state index is 0.475. The summed E-state index contributed by atoms with van der Waals surface area (Å²) in [5, 5.41) is 5.75. The molecule has 5 nitrogen and oxygen atoms in total. The summed E-state index contributed by atoms with van der Waals surface area (Å²) >= 11 is 6.05. The first-order valence-electron chi connectivity index (χ1n) is 11.6. The van der Waals surface area contributed by atoms with E-state index in [-0.39, 0.29) is 0 Å². The Kier molecular flexibility index (Phi) is 6.00. The predicted octanol–water partition coefficient (Wildman–Crippen LogP) is 4.91. The zero-order chi connectivity index (χ0) is 21.4. The van der Waals surface area contributed by atoms with Gasteiger partial charge in [0.15, 0.2) is 5.65 Å². The summed E-state index contributed by atoms with van der Waals surface area (Å²) < 4.78 is 2.13. The lowest BCUT2D eigenvalue weighted by Gasteiger charge is -2.33. The molecule has 0 N–H and O–H groups in total. The minimum Gasteiger partial charge on any atom is -0.302 e. The summed E-state index contributed by atoms with van der Waals surface area (Å²) in [6.45, 7) is 7.40. The van der Waals surface area contributed by atoms with Crippen molar-refractivity contribution in [3.8, 4) is 0 Å². The van der Waals surface area contributed by atoms with Crippen molar-refractivity contribution < 1.29 is 0 Å². The Bertz CT molecular complexity index is 1040. The third kappa shape index (κ3) is 4.79. The lowest BCUT2D eigenvalue weighted by atomic mass is 9.94. The summed E-state index contributed by atoms with van der Waals surface area (Å²) in [6.07, 6.45) is 7.16. The number of likely N-dealkylation sites (tertiary alicyclic amines) is 1. The van der Waals surface area contributed by atoms with E-state index in [0.29, 0.717) is 5.92 Å². The Morgan fingerprint density at radius 2 is 1.94 bits per heavy atom. The number of benzene rings is 1. The van der Waals surface area contributed by atoms with Crippen molar-refractivity contribution in [2.45, 2.75) is 51.6 Å². The molecule has 164 valence electrons. The summed E-state index contributed by atoms with van der Waals surface area (Å²) in [5.74, 6) is 1.37. The molecule has 3 heterocycles. The van der Waals surface area contributed by atoms with E-state index in [0.717, 1.165) is 48.5 Å². The van der Waals surface area contributed by atoms with E-state index in [1.807, 2.05) is 18.3 Å².